The van der Waals surface area contributed by atoms with Crippen LogP contribution in [0.25, 0.3) is 10.4 Å². The molecule has 13 heavy (non-hydrogen) atoms. The average Bonchev–Trinajstić information content (AvgIpc) is 2.71. The molecule has 0 spiro atoms. The van der Waals surface area contributed by atoms with Crippen molar-refractivity contribution in [1.29, 1.82) is 0 Å². The minimum atomic E-state index is 0.481. The fourth-order valence-corrected chi connectivity index (χ4v) is 1.92. The van der Waals surface area contributed by atoms with Crippen LogP contribution < -0.4 is 5.73 Å². The number of aromatic nitrogens is 2. The first-order valence-corrected chi connectivity index (χ1v) is 4.69. The quantitative estimate of drug-likeness (QED) is 0.789. The average molecular weight is 195 g/mol. The van der Waals surface area contributed by atoms with Crippen molar-refractivity contribution in [2.75, 3.05) is 0 Å². The molecule has 0 atom stereocenters. The van der Waals surface area contributed by atoms with E-state index in [4.69, 9.17) is 10.3 Å². The van der Waals surface area contributed by atoms with Crippen LogP contribution in [-0.2, 0) is 6.54 Å². The van der Waals surface area contributed by atoms with Gasteiger partial charge in [-0.1, -0.05) is 5.16 Å². The third-order valence-electron chi connectivity index (χ3n) is 1.74. The summed E-state index contributed by atoms with van der Waals surface area (Å²) in [6.45, 7) is 2.36. The van der Waals surface area contributed by atoms with E-state index in [-0.39, 0.29) is 0 Å². The minimum absolute atomic E-state index is 0.481. The van der Waals surface area contributed by atoms with E-state index in [0.29, 0.717) is 6.54 Å². The van der Waals surface area contributed by atoms with Crippen LogP contribution in [0, 0.1) is 6.92 Å². The monoisotopic (exact) mass is 195 g/mol. The lowest BCUT2D eigenvalue weighted by atomic mass is 10.2. The summed E-state index contributed by atoms with van der Waals surface area (Å²) in [6.07, 6.45) is 3.50. The first kappa shape index (κ1) is 8.40. The predicted molar refractivity (Wildman–Crippen MR) is 50.2 cm³/mol. The first-order valence-electron chi connectivity index (χ1n) is 3.87. The van der Waals surface area contributed by atoms with Gasteiger partial charge >= 0.3 is 0 Å². The number of rotatable bonds is 2. The minimum Gasteiger partial charge on any atom is -0.361 e. The Morgan fingerprint density at radius 1 is 1.54 bits per heavy atom. The van der Waals surface area contributed by atoms with Gasteiger partial charge in [-0.15, -0.1) is 11.3 Å². The molecule has 2 N–H and O–H groups in total. The SMILES string of the molecule is Cc1oncc1-c1cnc(CN)s1. The zero-order valence-electron chi connectivity index (χ0n) is 7.15. The summed E-state index contributed by atoms with van der Waals surface area (Å²) in [5, 5.41) is 4.63. The molecular weight excluding hydrogens is 186 g/mol. The van der Waals surface area contributed by atoms with Gasteiger partial charge in [0, 0.05) is 12.7 Å². The Bertz CT molecular complexity index is 407. The maximum Gasteiger partial charge on any atom is 0.142 e. The Morgan fingerprint density at radius 3 is 2.92 bits per heavy atom. The molecule has 2 aromatic rings. The molecule has 0 aliphatic heterocycles. The van der Waals surface area contributed by atoms with Gasteiger partial charge in [-0.3, -0.25) is 0 Å². The van der Waals surface area contributed by atoms with Crippen LogP contribution in [0.4, 0.5) is 0 Å². The van der Waals surface area contributed by atoms with Gasteiger partial charge in [0.05, 0.1) is 16.6 Å². The molecule has 0 saturated carbocycles. The lowest BCUT2D eigenvalue weighted by Crippen LogP contribution is -1.93. The van der Waals surface area contributed by atoms with Gasteiger partial charge in [0.1, 0.15) is 10.8 Å². The molecule has 0 aliphatic rings. The highest BCUT2D eigenvalue weighted by atomic mass is 32.1. The topological polar surface area (TPSA) is 64.9 Å². The molecule has 0 bridgehead atoms. The number of nitrogens with two attached hydrogens (primary N) is 1. The Morgan fingerprint density at radius 2 is 2.38 bits per heavy atom. The highest BCUT2D eigenvalue weighted by Gasteiger charge is 2.08. The molecular formula is C8H9N3OS. The molecule has 4 nitrogen and oxygen atoms in total. The highest BCUT2D eigenvalue weighted by molar-refractivity contribution is 7.15. The standard InChI is InChI=1S/C8H9N3OS/c1-5-6(3-11-12-5)7-4-10-8(2-9)13-7/h3-4H,2,9H2,1H3. The normalized spacial score (nSPS) is 10.6. The predicted octanol–water partition coefficient (Wildman–Crippen LogP) is 1.57. The van der Waals surface area contributed by atoms with Crippen molar-refractivity contribution in [3.63, 3.8) is 0 Å². The second-order valence-corrected chi connectivity index (χ2v) is 3.73. The van der Waals surface area contributed by atoms with E-state index < -0.39 is 0 Å². The zero-order chi connectivity index (χ0) is 9.26. The maximum absolute atomic E-state index is 5.46. The van der Waals surface area contributed by atoms with E-state index >= 15 is 0 Å². The van der Waals surface area contributed by atoms with Crippen LogP contribution in [-0.4, -0.2) is 10.1 Å². The van der Waals surface area contributed by atoms with Crippen LogP contribution in [0.15, 0.2) is 16.9 Å². The van der Waals surface area contributed by atoms with Crippen molar-refractivity contribution in [1.82, 2.24) is 10.1 Å². The molecule has 5 heteroatoms. The van der Waals surface area contributed by atoms with Crippen molar-refractivity contribution in [2.24, 2.45) is 5.73 Å². The third-order valence-corrected chi connectivity index (χ3v) is 2.80. The Kier molecular flexibility index (Phi) is 2.12. The van der Waals surface area contributed by atoms with Gasteiger partial charge in [0.15, 0.2) is 0 Å². The highest BCUT2D eigenvalue weighted by Crippen LogP contribution is 2.28. The molecule has 2 heterocycles. The molecule has 68 valence electrons. The fraction of sp³-hybridized carbons (Fsp3) is 0.250. The molecule has 2 rings (SSSR count). The van der Waals surface area contributed by atoms with Crippen molar-refractivity contribution < 1.29 is 4.52 Å². The largest absolute Gasteiger partial charge is 0.361 e. The molecule has 0 aromatic carbocycles. The second-order valence-electron chi connectivity index (χ2n) is 2.62. The molecule has 0 radical (unpaired) electrons. The number of aryl methyl sites for hydroxylation is 1. The summed E-state index contributed by atoms with van der Waals surface area (Å²) in [4.78, 5) is 5.21. The Labute approximate surface area is 79.4 Å². The van der Waals surface area contributed by atoms with Crippen LogP contribution in [0.2, 0.25) is 0 Å². The number of thiazole rings is 1. The number of hydrogen-bond acceptors (Lipinski definition) is 5. The lowest BCUT2D eigenvalue weighted by molar-refractivity contribution is 0.398. The molecule has 0 fully saturated rings. The summed E-state index contributed by atoms with van der Waals surface area (Å²) in [5.74, 6) is 0.812. The van der Waals surface area contributed by atoms with Crippen LogP contribution >= 0.6 is 11.3 Å². The van der Waals surface area contributed by atoms with E-state index in [9.17, 15) is 0 Å². The van der Waals surface area contributed by atoms with E-state index in [1.807, 2.05) is 6.92 Å². The first-order chi connectivity index (χ1) is 6.31. The van der Waals surface area contributed by atoms with Crippen LogP contribution in [0.1, 0.15) is 10.8 Å². The van der Waals surface area contributed by atoms with Gasteiger partial charge in [-0.05, 0) is 6.92 Å². The number of nitrogens with zero attached hydrogens (tertiary/aromatic N) is 2. The Hall–Kier alpha value is -1.20. The molecule has 2 aromatic heterocycles. The lowest BCUT2D eigenvalue weighted by Gasteiger charge is -1.88. The van der Waals surface area contributed by atoms with E-state index in [0.717, 1.165) is 21.2 Å². The van der Waals surface area contributed by atoms with Crippen molar-refractivity contribution >= 4 is 11.3 Å². The summed E-state index contributed by atoms with van der Waals surface area (Å²) in [6, 6.07) is 0. The third kappa shape index (κ3) is 1.48. The van der Waals surface area contributed by atoms with E-state index in [1.54, 1.807) is 23.7 Å². The maximum atomic E-state index is 5.46. The zero-order valence-corrected chi connectivity index (χ0v) is 7.97. The molecule has 0 unspecified atom stereocenters. The molecule has 0 aliphatic carbocycles. The molecule has 0 saturated heterocycles. The van der Waals surface area contributed by atoms with Crippen LogP contribution in [0.3, 0.4) is 0 Å². The van der Waals surface area contributed by atoms with E-state index in [2.05, 4.69) is 10.1 Å². The van der Waals surface area contributed by atoms with Gasteiger partial charge in [-0.25, -0.2) is 4.98 Å². The summed E-state index contributed by atoms with van der Waals surface area (Å²) in [5.41, 5.74) is 6.46. The van der Waals surface area contributed by atoms with Crippen molar-refractivity contribution in [3.8, 4) is 10.4 Å². The second kappa shape index (κ2) is 3.27. The van der Waals surface area contributed by atoms with E-state index in [1.165, 1.54) is 0 Å². The molecule has 0 amide bonds. The van der Waals surface area contributed by atoms with Gasteiger partial charge in [-0.2, -0.15) is 0 Å². The fourth-order valence-electron chi connectivity index (χ4n) is 1.06. The van der Waals surface area contributed by atoms with Crippen molar-refractivity contribution in [2.45, 2.75) is 13.5 Å². The van der Waals surface area contributed by atoms with Crippen molar-refractivity contribution in [3.05, 3.63) is 23.2 Å². The van der Waals surface area contributed by atoms with Gasteiger partial charge in [0.25, 0.3) is 0 Å². The van der Waals surface area contributed by atoms with Crippen LogP contribution in [0.5, 0.6) is 0 Å². The summed E-state index contributed by atoms with van der Waals surface area (Å²) in [7, 11) is 0. The number of hydrogen-bond donors (Lipinski definition) is 1. The summed E-state index contributed by atoms with van der Waals surface area (Å²) < 4.78 is 4.96. The van der Waals surface area contributed by atoms with Gasteiger partial charge < -0.3 is 10.3 Å². The Balaban J connectivity index is 2.41. The summed E-state index contributed by atoms with van der Waals surface area (Å²) >= 11 is 1.57. The van der Waals surface area contributed by atoms with Gasteiger partial charge in [0.2, 0.25) is 0 Å². The smallest absolute Gasteiger partial charge is 0.142 e.